The van der Waals surface area contributed by atoms with E-state index in [0.717, 1.165) is 6.07 Å². The third-order valence-electron chi connectivity index (χ3n) is 2.45. The number of carboxylic acids is 1. The Morgan fingerprint density at radius 3 is 2.43 bits per heavy atom. The van der Waals surface area contributed by atoms with Crippen molar-refractivity contribution >= 4 is 12.1 Å². The zero-order valence-corrected chi connectivity index (χ0v) is 12.1. The van der Waals surface area contributed by atoms with Crippen molar-refractivity contribution in [2.45, 2.75) is 39.5 Å². The summed E-state index contributed by atoms with van der Waals surface area (Å²) >= 11 is 0. The van der Waals surface area contributed by atoms with E-state index in [1.165, 1.54) is 6.07 Å². The molecule has 1 aromatic carbocycles. The summed E-state index contributed by atoms with van der Waals surface area (Å²) in [6.07, 6.45) is -0.671. The van der Waals surface area contributed by atoms with Crippen LogP contribution in [0.15, 0.2) is 12.1 Å². The van der Waals surface area contributed by atoms with Crippen LogP contribution in [0.5, 0.6) is 0 Å². The van der Waals surface area contributed by atoms with Gasteiger partial charge >= 0.3 is 12.1 Å². The minimum absolute atomic E-state index is 0.0429. The molecule has 0 heterocycles. The van der Waals surface area contributed by atoms with Crippen LogP contribution >= 0.6 is 0 Å². The summed E-state index contributed by atoms with van der Waals surface area (Å²) in [4.78, 5) is 22.4. The monoisotopic (exact) mass is 299 g/mol. The Hall–Kier alpha value is -2.15. The Labute approximate surface area is 121 Å². The summed E-state index contributed by atoms with van der Waals surface area (Å²) in [6, 6.07) is 2.32. The molecule has 21 heavy (non-hydrogen) atoms. The van der Waals surface area contributed by atoms with Gasteiger partial charge in [-0.1, -0.05) is 6.07 Å². The van der Waals surface area contributed by atoms with Crippen molar-refractivity contribution in [2.75, 3.05) is 0 Å². The molecular weight excluding hydrogens is 281 g/mol. The summed E-state index contributed by atoms with van der Waals surface area (Å²) in [5, 5.41) is 20.4. The van der Waals surface area contributed by atoms with E-state index in [2.05, 4.69) is 5.32 Å². The van der Waals surface area contributed by atoms with E-state index in [1.807, 2.05) is 0 Å². The SMILES string of the molecule is CC(C)(C)OC(=O)NCc1cc(F)c(C(=O)O)c(CO)c1. The summed E-state index contributed by atoms with van der Waals surface area (Å²) < 4.78 is 18.7. The van der Waals surface area contributed by atoms with Gasteiger partial charge in [-0.3, -0.25) is 0 Å². The topological polar surface area (TPSA) is 95.9 Å². The molecule has 0 unspecified atom stereocenters. The van der Waals surface area contributed by atoms with Crippen molar-refractivity contribution in [2.24, 2.45) is 0 Å². The van der Waals surface area contributed by atoms with E-state index in [-0.39, 0.29) is 12.1 Å². The number of alkyl carbamates (subject to hydrolysis) is 1. The number of aliphatic hydroxyl groups excluding tert-OH is 1. The van der Waals surface area contributed by atoms with Crippen LogP contribution in [0.2, 0.25) is 0 Å². The van der Waals surface area contributed by atoms with E-state index in [4.69, 9.17) is 14.9 Å². The van der Waals surface area contributed by atoms with Gasteiger partial charge in [0.15, 0.2) is 0 Å². The normalized spacial score (nSPS) is 11.1. The van der Waals surface area contributed by atoms with Gasteiger partial charge in [-0.2, -0.15) is 0 Å². The summed E-state index contributed by atoms with van der Waals surface area (Å²) in [5.74, 6) is -2.42. The zero-order chi connectivity index (χ0) is 16.2. The van der Waals surface area contributed by atoms with Gasteiger partial charge < -0.3 is 20.3 Å². The predicted octanol–water partition coefficient (Wildman–Crippen LogP) is 2.04. The van der Waals surface area contributed by atoms with Gasteiger partial charge in [-0.05, 0) is 38.0 Å². The molecule has 0 aliphatic rings. The first kappa shape index (κ1) is 16.9. The van der Waals surface area contributed by atoms with Crippen LogP contribution in [-0.4, -0.2) is 27.9 Å². The second-order valence-electron chi connectivity index (χ2n) is 5.43. The Balaban J connectivity index is 2.84. The van der Waals surface area contributed by atoms with Crippen LogP contribution in [0.4, 0.5) is 9.18 Å². The number of hydrogen-bond donors (Lipinski definition) is 3. The van der Waals surface area contributed by atoms with Crippen LogP contribution in [0.25, 0.3) is 0 Å². The predicted molar refractivity (Wildman–Crippen MR) is 72.4 cm³/mol. The lowest BCUT2D eigenvalue weighted by atomic mass is 10.0. The minimum atomic E-state index is -1.46. The molecule has 0 aliphatic heterocycles. The largest absolute Gasteiger partial charge is 0.478 e. The third-order valence-corrected chi connectivity index (χ3v) is 2.45. The molecule has 0 fully saturated rings. The molecular formula is C14H18FNO5. The molecule has 0 aromatic heterocycles. The van der Waals surface area contributed by atoms with Crippen molar-refractivity contribution in [1.29, 1.82) is 0 Å². The maximum absolute atomic E-state index is 13.7. The Kier molecular flexibility index (Phi) is 5.26. The molecule has 1 rings (SSSR count). The Bertz CT molecular complexity index is 551. The Morgan fingerprint density at radius 1 is 1.33 bits per heavy atom. The highest BCUT2D eigenvalue weighted by atomic mass is 19.1. The quantitative estimate of drug-likeness (QED) is 0.790. The van der Waals surface area contributed by atoms with Crippen LogP contribution in [0, 0.1) is 5.82 Å². The second-order valence-corrected chi connectivity index (χ2v) is 5.43. The minimum Gasteiger partial charge on any atom is -0.478 e. The molecule has 0 saturated heterocycles. The number of carbonyl (C=O) groups excluding carboxylic acids is 1. The van der Waals surface area contributed by atoms with Gasteiger partial charge in [-0.15, -0.1) is 0 Å². The fourth-order valence-corrected chi connectivity index (χ4v) is 1.68. The highest BCUT2D eigenvalue weighted by Crippen LogP contribution is 2.17. The first-order valence-corrected chi connectivity index (χ1v) is 6.26. The standard InChI is InChI=1S/C14H18FNO5/c1-14(2,3)21-13(20)16-6-8-4-9(7-17)11(12(18)19)10(15)5-8/h4-5,17H,6-7H2,1-3H3,(H,16,20)(H,18,19). The molecule has 0 aliphatic carbocycles. The van der Waals surface area contributed by atoms with Crippen molar-refractivity contribution in [1.82, 2.24) is 5.32 Å². The zero-order valence-electron chi connectivity index (χ0n) is 12.1. The third kappa shape index (κ3) is 5.03. The molecule has 1 aromatic rings. The number of aliphatic hydroxyl groups is 1. The second kappa shape index (κ2) is 6.53. The number of amides is 1. The fraction of sp³-hybridized carbons (Fsp3) is 0.429. The molecule has 0 bridgehead atoms. The lowest BCUT2D eigenvalue weighted by Crippen LogP contribution is -2.32. The average molecular weight is 299 g/mol. The van der Waals surface area contributed by atoms with Crippen LogP contribution in [0.1, 0.15) is 42.3 Å². The van der Waals surface area contributed by atoms with Crippen molar-refractivity contribution in [3.63, 3.8) is 0 Å². The maximum Gasteiger partial charge on any atom is 0.407 e. The van der Waals surface area contributed by atoms with Crippen molar-refractivity contribution in [3.8, 4) is 0 Å². The first-order valence-electron chi connectivity index (χ1n) is 6.26. The highest BCUT2D eigenvalue weighted by molar-refractivity contribution is 5.89. The van der Waals surface area contributed by atoms with E-state index in [0.29, 0.717) is 5.56 Å². The molecule has 7 heteroatoms. The van der Waals surface area contributed by atoms with Crippen molar-refractivity contribution in [3.05, 3.63) is 34.6 Å². The molecule has 0 spiro atoms. The maximum atomic E-state index is 13.7. The van der Waals surface area contributed by atoms with Crippen LogP contribution in [-0.2, 0) is 17.9 Å². The summed E-state index contributed by atoms with van der Waals surface area (Å²) in [6.45, 7) is 4.46. The van der Waals surface area contributed by atoms with E-state index in [1.54, 1.807) is 20.8 Å². The molecule has 0 atom stereocenters. The number of carboxylic acid groups (broad SMARTS) is 1. The molecule has 6 nitrogen and oxygen atoms in total. The number of nitrogens with one attached hydrogen (secondary N) is 1. The fourth-order valence-electron chi connectivity index (χ4n) is 1.68. The molecule has 3 N–H and O–H groups in total. The molecule has 116 valence electrons. The van der Waals surface area contributed by atoms with Gasteiger partial charge in [-0.25, -0.2) is 14.0 Å². The summed E-state index contributed by atoms with van der Waals surface area (Å²) in [5.41, 5.74) is -0.951. The van der Waals surface area contributed by atoms with Crippen molar-refractivity contribution < 1.29 is 28.9 Å². The summed E-state index contributed by atoms with van der Waals surface area (Å²) in [7, 11) is 0. The average Bonchev–Trinajstić information content (AvgIpc) is 2.32. The van der Waals surface area contributed by atoms with Gasteiger partial charge in [0.2, 0.25) is 0 Å². The number of ether oxygens (including phenoxy) is 1. The molecule has 1 amide bonds. The van der Waals surface area contributed by atoms with Gasteiger partial charge in [0.05, 0.1) is 6.61 Å². The van der Waals surface area contributed by atoms with Gasteiger partial charge in [0, 0.05) is 6.54 Å². The number of hydrogen-bond acceptors (Lipinski definition) is 4. The molecule has 0 radical (unpaired) electrons. The van der Waals surface area contributed by atoms with E-state index in [9.17, 15) is 14.0 Å². The van der Waals surface area contributed by atoms with E-state index < -0.39 is 35.7 Å². The number of carbonyl (C=O) groups is 2. The molecule has 0 saturated carbocycles. The number of halogens is 1. The van der Waals surface area contributed by atoms with Gasteiger partial charge in [0.25, 0.3) is 0 Å². The smallest absolute Gasteiger partial charge is 0.407 e. The van der Waals surface area contributed by atoms with Crippen LogP contribution in [0.3, 0.4) is 0 Å². The van der Waals surface area contributed by atoms with Crippen LogP contribution < -0.4 is 5.32 Å². The van der Waals surface area contributed by atoms with Gasteiger partial charge in [0.1, 0.15) is 17.0 Å². The lowest BCUT2D eigenvalue weighted by Gasteiger charge is -2.19. The number of aromatic carboxylic acids is 1. The number of rotatable bonds is 4. The lowest BCUT2D eigenvalue weighted by molar-refractivity contribution is 0.0522. The van der Waals surface area contributed by atoms with E-state index >= 15 is 0 Å². The highest BCUT2D eigenvalue weighted by Gasteiger charge is 2.18. The first-order chi connectivity index (χ1) is 9.64. The number of benzene rings is 1. The Morgan fingerprint density at radius 2 is 1.95 bits per heavy atom.